The van der Waals surface area contributed by atoms with Crippen molar-refractivity contribution in [2.24, 2.45) is 0 Å². The fourth-order valence-corrected chi connectivity index (χ4v) is 5.11. The maximum atomic E-state index is 11.7. The minimum atomic E-state index is -1.14. The molecule has 68 heavy (non-hydrogen) atoms. The van der Waals surface area contributed by atoms with E-state index in [-0.39, 0.29) is 75.9 Å². The van der Waals surface area contributed by atoms with Crippen molar-refractivity contribution >= 4 is 91.3 Å². The van der Waals surface area contributed by atoms with E-state index in [4.69, 9.17) is 57.5 Å². The monoisotopic (exact) mass is 1010 g/mol. The van der Waals surface area contributed by atoms with E-state index in [2.05, 4.69) is 23.2 Å². The summed E-state index contributed by atoms with van der Waals surface area (Å²) >= 11 is 19.8. The first-order valence-corrected chi connectivity index (χ1v) is 19.7. The summed E-state index contributed by atoms with van der Waals surface area (Å²) in [4.78, 5) is 85.8. The number of rotatable bonds is 14. The summed E-state index contributed by atoms with van der Waals surface area (Å²) in [7, 11) is 0. The Morgan fingerprint density at radius 3 is 1.13 bits per heavy atom. The van der Waals surface area contributed by atoms with E-state index < -0.39 is 44.8 Å². The molecular formula is C46H35Cl4LiO17. The summed E-state index contributed by atoms with van der Waals surface area (Å²) in [5.74, 6) is -1.96. The number of benzene rings is 6. The van der Waals surface area contributed by atoms with Gasteiger partial charge < -0.3 is 45.2 Å². The Hall–Kier alpha value is -7.04. The van der Waals surface area contributed by atoms with E-state index in [9.17, 15) is 38.4 Å². The Balaban J connectivity index is 0.000000915. The number of ether oxygens (including phenoxy) is 4. The van der Waals surface area contributed by atoms with Crippen molar-refractivity contribution in [3.05, 3.63) is 179 Å². The minimum absolute atomic E-state index is 0. The maximum Gasteiger partial charge on any atom is 1.00 e. The molecule has 6 aromatic rings. The number of esters is 1. The van der Waals surface area contributed by atoms with E-state index in [1.165, 1.54) is 48.5 Å². The van der Waals surface area contributed by atoms with Gasteiger partial charge in [0.15, 0.2) is 0 Å². The molecule has 6 rings (SSSR count). The summed E-state index contributed by atoms with van der Waals surface area (Å²) < 4.78 is 21.4. The van der Waals surface area contributed by atoms with Crippen molar-refractivity contribution in [3.8, 4) is 34.5 Å². The van der Waals surface area contributed by atoms with Crippen LogP contribution in [0.3, 0.4) is 0 Å². The molecule has 0 bridgehead atoms. The van der Waals surface area contributed by atoms with Gasteiger partial charge in [-0.05, 0) is 144 Å². The average molecular weight is 1010 g/mol. The minimum Gasteiger partial charge on any atom is -0.870 e. The number of carboxylic acid groups (broad SMARTS) is 3. The second kappa shape index (κ2) is 31.0. The molecule has 22 heteroatoms. The van der Waals surface area contributed by atoms with Gasteiger partial charge in [-0.3, -0.25) is 19.2 Å². The molecule has 6 N–H and O–H groups in total. The van der Waals surface area contributed by atoms with Gasteiger partial charge in [-0.2, -0.15) is 0 Å². The third kappa shape index (κ3) is 20.2. The molecule has 0 aliphatic carbocycles. The second-order valence-corrected chi connectivity index (χ2v) is 13.5. The van der Waals surface area contributed by atoms with Gasteiger partial charge in [-0.25, -0.2) is 19.2 Å². The molecule has 0 aliphatic rings. The Kier molecular flexibility index (Phi) is 27.8. The first-order chi connectivity index (χ1) is 30.9. The standard InChI is InChI=1S/C16H14O5.C14H8Cl2O3.C14H10O5.C2Cl2O2.Li.2H2O/c1-2-20-16(19)11-6-5-7-12(10-11)21-14-9-4-3-8-13(14)15(17)18;15-13(17)9-4-3-5-10(8-9)19-12-7-2-1-6-11(12)14(16)18;15-13(16)9-4-3-5-10(8-9)19-12-7-2-1-6-11(12)14(17)18;3-1(5)2(4)6;;;/h3-10H,2H2,1H3,(H,17,18);1-8H;1-8H,(H,15,16)(H,17,18);;;2*1H2/q;;;;+1;;/p-1. The molecule has 0 radical (unpaired) electrons. The van der Waals surface area contributed by atoms with Gasteiger partial charge in [-0.1, -0.05) is 54.6 Å². The van der Waals surface area contributed by atoms with Crippen LogP contribution in [-0.2, 0) is 14.3 Å². The quantitative estimate of drug-likeness (QED) is 0.0429. The Morgan fingerprint density at radius 1 is 0.441 bits per heavy atom. The van der Waals surface area contributed by atoms with Crippen LogP contribution in [-0.4, -0.2) is 77.7 Å². The Bertz CT molecular complexity index is 2590. The van der Waals surface area contributed by atoms with Gasteiger partial charge in [0.25, 0.3) is 10.5 Å². The fraction of sp³-hybridized carbons (Fsp3) is 0.0435. The predicted molar refractivity (Wildman–Crippen MR) is 243 cm³/mol. The molecule has 0 spiro atoms. The largest absolute Gasteiger partial charge is 1.00 e. The molecule has 0 amide bonds. The summed E-state index contributed by atoms with van der Waals surface area (Å²) in [5, 5.41) is 23.5. The molecule has 6 aromatic carbocycles. The van der Waals surface area contributed by atoms with Crippen molar-refractivity contribution in [1.82, 2.24) is 0 Å². The normalized spacial score (nSPS) is 9.31. The molecular weight excluding hydrogens is 973 g/mol. The smallest absolute Gasteiger partial charge is 0.870 e. The van der Waals surface area contributed by atoms with Crippen LogP contribution in [0.15, 0.2) is 146 Å². The van der Waals surface area contributed by atoms with Crippen LogP contribution < -0.4 is 33.1 Å². The van der Waals surface area contributed by atoms with E-state index in [0.29, 0.717) is 28.4 Å². The number of aromatic carboxylic acids is 3. The number of carbonyl (C=O) groups is 8. The molecule has 0 saturated carbocycles. The first-order valence-electron chi connectivity index (χ1n) is 18.2. The van der Waals surface area contributed by atoms with E-state index >= 15 is 0 Å². The second-order valence-electron chi connectivity index (χ2n) is 12.1. The zero-order valence-electron chi connectivity index (χ0n) is 35.3. The molecule has 0 atom stereocenters. The number of hydrogen-bond acceptors (Lipinski definition) is 13. The predicted octanol–water partition coefficient (Wildman–Crippen LogP) is 6.99. The van der Waals surface area contributed by atoms with Crippen molar-refractivity contribution in [1.29, 1.82) is 0 Å². The van der Waals surface area contributed by atoms with Gasteiger partial charge >= 0.3 is 53.2 Å². The van der Waals surface area contributed by atoms with Crippen LogP contribution >= 0.6 is 46.4 Å². The van der Waals surface area contributed by atoms with Gasteiger partial charge in [0.05, 0.1) is 23.3 Å². The fourth-order valence-electron chi connectivity index (χ4n) is 4.84. The maximum absolute atomic E-state index is 11.7. The topological polar surface area (TPSA) is 296 Å². The summed E-state index contributed by atoms with van der Waals surface area (Å²) in [6.45, 7) is 2.01. The Morgan fingerprint density at radius 2 is 0.779 bits per heavy atom. The number of halogens is 4. The zero-order chi connectivity index (χ0) is 48.1. The van der Waals surface area contributed by atoms with E-state index in [1.54, 1.807) is 104 Å². The first kappa shape index (κ1) is 61.0. The molecule has 0 aromatic heterocycles. The SMILES string of the molecule is CCOC(=O)c1cccc(Oc2ccccc2C(=O)O)c1.O.O=C(Cl)C(=O)Cl.O=C(Cl)c1cccc(Oc2ccccc2C(=O)Cl)c1.O=C(O)c1cccc(Oc2ccccc2C(=O)O)c1.[Li+].[OH-]. The van der Waals surface area contributed by atoms with Crippen LogP contribution in [0.1, 0.15) is 69.1 Å². The molecule has 0 unspecified atom stereocenters. The van der Waals surface area contributed by atoms with Gasteiger partial charge in [-0.15, -0.1) is 0 Å². The van der Waals surface area contributed by atoms with Crippen molar-refractivity contribution in [3.63, 3.8) is 0 Å². The number of hydrogen-bond donors (Lipinski definition) is 3. The van der Waals surface area contributed by atoms with Crippen LogP contribution in [0.2, 0.25) is 0 Å². The summed E-state index contributed by atoms with van der Waals surface area (Å²) in [5.41, 5.74) is 1.07. The van der Waals surface area contributed by atoms with Crippen molar-refractivity contribution in [2.45, 2.75) is 6.92 Å². The van der Waals surface area contributed by atoms with E-state index in [1.807, 2.05) is 0 Å². The van der Waals surface area contributed by atoms with Crippen LogP contribution in [0, 0.1) is 0 Å². The van der Waals surface area contributed by atoms with Crippen LogP contribution in [0.5, 0.6) is 34.5 Å². The third-order valence-corrected chi connectivity index (χ3v) is 8.52. The van der Waals surface area contributed by atoms with Crippen LogP contribution in [0.25, 0.3) is 0 Å². The number of carboxylic acids is 3. The molecule has 350 valence electrons. The average Bonchev–Trinajstić information content (AvgIpc) is 3.28. The summed E-state index contributed by atoms with van der Waals surface area (Å²) in [6, 6.07) is 37.6. The van der Waals surface area contributed by atoms with Gasteiger partial charge in [0, 0.05) is 5.56 Å². The molecule has 0 aliphatic heterocycles. The molecule has 0 fully saturated rings. The molecule has 0 saturated heterocycles. The van der Waals surface area contributed by atoms with Crippen molar-refractivity contribution < 1.29 is 102 Å². The Labute approximate surface area is 418 Å². The molecule has 17 nitrogen and oxygen atoms in total. The third-order valence-electron chi connectivity index (χ3n) is 7.66. The van der Waals surface area contributed by atoms with Crippen molar-refractivity contribution in [2.75, 3.05) is 6.61 Å². The zero-order valence-corrected chi connectivity index (χ0v) is 38.3. The van der Waals surface area contributed by atoms with Crippen LogP contribution in [0.4, 0.5) is 0 Å². The number of para-hydroxylation sites is 3. The summed E-state index contributed by atoms with van der Waals surface area (Å²) in [6.07, 6.45) is 0. The van der Waals surface area contributed by atoms with Gasteiger partial charge in [0.1, 0.15) is 45.6 Å². The van der Waals surface area contributed by atoms with Gasteiger partial charge in [0.2, 0.25) is 0 Å². The van der Waals surface area contributed by atoms with E-state index in [0.717, 1.165) is 0 Å². The molecule has 0 heterocycles. The number of carbonyl (C=O) groups excluding carboxylic acids is 5.